The fourth-order valence-corrected chi connectivity index (χ4v) is 3.70. The molecule has 8 heteroatoms. The second-order valence-electron chi connectivity index (χ2n) is 5.71. The minimum absolute atomic E-state index is 0.0804. The normalized spacial score (nSPS) is 11.4. The third-order valence-electron chi connectivity index (χ3n) is 3.97. The first-order chi connectivity index (χ1) is 12.1. The molecule has 0 bridgehead atoms. The van der Waals surface area contributed by atoms with Crippen molar-refractivity contribution in [2.24, 2.45) is 0 Å². The van der Waals surface area contributed by atoms with Crippen LogP contribution in [0.1, 0.15) is 25.1 Å². The topological polar surface area (TPSA) is 77.6 Å². The van der Waals surface area contributed by atoms with E-state index in [0.29, 0.717) is 25.3 Å². The van der Waals surface area contributed by atoms with Crippen LogP contribution in [0.2, 0.25) is 0 Å². The first-order valence-electron chi connectivity index (χ1n) is 8.48. The molecular weight excluding hydrogens is 340 g/mol. The van der Waals surface area contributed by atoms with Gasteiger partial charge in [0, 0.05) is 24.6 Å². The van der Waals surface area contributed by atoms with Gasteiger partial charge in [-0.2, -0.15) is 5.10 Å². The molecule has 0 aromatic carbocycles. The van der Waals surface area contributed by atoms with Gasteiger partial charge < -0.3 is 10.1 Å². The predicted molar refractivity (Wildman–Crippen MR) is 98.3 cm³/mol. The zero-order valence-electron chi connectivity index (χ0n) is 14.4. The van der Waals surface area contributed by atoms with E-state index in [1.54, 1.807) is 22.1 Å². The van der Waals surface area contributed by atoms with Crippen LogP contribution >= 0.6 is 11.3 Å². The summed E-state index contributed by atoms with van der Waals surface area (Å²) in [6.45, 7) is 5.76. The van der Waals surface area contributed by atoms with Crippen LogP contribution in [0.25, 0.3) is 15.7 Å². The molecule has 0 spiro atoms. The van der Waals surface area contributed by atoms with Gasteiger partial charge in [0.25, 0.3) is 5.56 Å². The summed E-state index contributed by atoms with van der Waals surface area (Å²) in [6.07, 6.45) is 3.32. The third-order valence-corrected chi connectivity index (χ3v) is 5.19. The fourth-order valence-electron chi connectivity index (χ4n) is 2.67. The SMILES string of the molecule is CCOCCCNC(=O)Cn1ncn2c(cc3sc(CC)cc32)c1=O. The van der Waals surface area contributed by atoms with Crippen LogP contribution in [0.15, 0.2) is 23.3 Å². The zero-order chi connectivity index (χ0) is 17.8. The monoisotopic (exact) mass is 362 g/mol. The molecule has 1 amide bonds. The van der Waals surface area contributed by atoms with Crippen LogP contribution in [0.5, 0.6) is 0 Å². The van der Waals surface area contributed by atoms with Gasteiger partial charge in [-0.25, -0.2) is 4.68 Å². The maximum atomic E-state index is 12.6. The smallest absolute Gasteiger partial charge is 0.291 e. The summed E-state index contributed by atoms with van der Waals surface area (Å²) in [7, 11) is 0. The molecule has 134 valence electrons. The molecule has 3 aromatic heterocycles. The first-order valence-corrected chi connectivity index (χ1v) is 9.29. The van der Waals surface area contributed by atoms with Gasteiger partial charge in [-0.3, -0.25) is 14.0 Å². The minimum atomic E-state index is -0.256. The number of rotatable bonds is 8. The van der Waals surface area contributed by atoms with E-state index in [4.69, 9.17) is 4.74 Å². The van der Waals surface area contributed by atoms with E-state index in [0.717, 1.165) is 23.1 Å². The maximum Gasteiger partial charge on any atom is 0.291 e. The van der Waals surface area contributed by atoms with Crippen molar-refractivity contribution in [3.05, 3.63) is 33.7 Å². The molecule has 7 nitrogen and oxygen atoms in total. The van der Waals surface area contributed by atoms with Crippen LogP contribution < -0.4 is 10.9 Å². The fraction of sp³-hybridized carbons (Fsp3) is 0.471. The number of nitrogens with one attached hydrogen (secondary N) is 1. The largest absolute Gasteiger partial charge is 0.382 e. The third kappa shape index (κ3) is 3.74. The average molecular weight is 362 g/mol. The second kappa shape index (κ2) is 7.79. The standard InChI is InChI=1S/C17H22N4O3S/c1-3-12-8-13-15(25-12)9-14-17(23)21(19-11-20(13)14)10-16(22)18-6-5-7-24-4-2/h8-9,11H,3-7,10H2,1-2H3,(H,18,22). The summed E-state index contributed by atoms with van der Waals surface area (Å²) in [5, 5.41) is 6.93. The van der Waals surface area contributed by atoms with Gasteiger partial charge in [0.1, 0.15) is 18.4 Å². The number of hydrogen-bond donors (Lipinski definition) is 1. The highest BCUT2D eigenvalue weighted by molar-refractivity contribution is 7.19. The molecule has 3 rings (SSSR count). The summed E-state index contributed by atoms with van der Waals surface area (Å²) >= 11 is 1.68. The number of nitrogens with zero attached hydrogens (tertiary/aromatic N) is 3. The quantitative estimate of drug-likeness (QED) is 0.620. The van der Waals surface area contributed by atoms with E-state index in [1.165, 1.54) is 9.56 Å². The minimum Gasteiger partial charge on any atom is -0.382 e. The van der Waals surface area contributed by atoms with Gasteiger partial charge in [0.2, 0.25) is 5.91 Å². The Labute approximate surface area is 149 Å². The maximum absolute atomic E-state index is 12.6. The molecule has 0 aliphatic heterocycles. The number of aromatic nitrogens is 3. The number of thiophene rings is 1. The molecular formula is C17H22N4O3S. The number of aryl methyl sites for hydroxylation is 1. The van der Waals surface area contributed by atoms with Crippen molar-refractivity contribution in [3.63, 3.8) is 0 Å². The number of carbonyl (C=O) groups excluding carboxylic acids is 1. The van der Waals surface area contributed by atoms with Crippen LogP contribution in [0.4, 0.5) is 0 Å². The number of carbonyl (C=O) groups is 1. The van der Waals surface area contributed by atoms with Crippen LogP contribution in [-0.2, 0) is 22.5 Å². The highest BCUT2D eigenvalue weighted by Gasteiger charge is 2.13. The lowest BCUT2D eigenvalue weighted by molar-refractivity contribution is -0.121. The van der Waals surface area contributed by atoms with Gasteiger partial charge in [-0.15, -0.1) is 11.3 Å². The van der Waals surface area contributed by atoms with Crippen LogP contribution in [-0.4, -0.2) is 39.8 Å². The van der Waals surface area contributed by atoms with Gasteiger partial charge in [-0.05, 0) is 31.9 Å². The van der Waals surface area contributed by atoms with E-state index >= 15 is 0 Å². The number of ether oxygens (including phenoxy) is 1. The summed E-state index contributed by atoms with van der Waals surface area (Å²) in [5.74, 6) is -0.225. The molecule has 3 heterocycles. The molecule has 0 fully saturated rings. The highest BCUT2D eigenvalue weighted by Crippen LogP contribution is 2.27. The summed E-state index contributed by atoms with van der Waals surface area (Å²) < 4.78 is 9.28. The molecule has 0 aliphatic rings. The van der Waals surface area contributed by atoms with Crippen molar-refractivity contribution in [1.29, 1.82) is 0 Å². The molecule has 1 N–H and O–H groups in total. The van der Waals surface area contributed by atoms with Gasteiger partial charge >= 0.3 is 0 Å². The Hall–Kier alpha value is -2.19. The lowest BCUT2D eigenvalue weighted by Gasteiger charge is -2.07. The van der Waals surface area contributed by atoms with E-state index in [-0.39, 0.29) is 18.0 Å². The van der Waals surface area contributed by atoms with Crippen molar-refractivity contribution < 1.29 is 9.53 Å². The number of amides is 1. The molecule has 0 atom stereocenters. The van der Waals surface area contributed by atoms with Crippen molar-refractivity contribution in [2.75, 3.05) is 19.8 Å². The van der Waals surface area contributed by atoms with Crippen LogP contribution in [0, 0.1) is 0 Å². The van der Waals surface area contributed by atoms with E-state index < -0.39 is 0 Å². The molecule has 0 radical (unpaired) electrons. The molecule has 0 aliphatic carbocycles. The van der Waals surface area contributed by atoms with E-state index in [9.17, 15) is 9.59 Å². The number of hydrogen-bond acceptors (Lipinski definition) is 5. The van der Waals surface area contributed by atoms with Gasteiger partial charge in [-0.1, -0.05) is 6.92 Å². The Morgan fingerprint density at radius 2 is 2.16 bits per heavy atom. The van der Waals surface area contributed by atoms with E-state index in [2.05, 4.69) is 23.4 Å². The predicted octanol–water partition coefficient (Wildman–Crippen LogP) is 1.82. The molecule has 3 aromatic rings. The van der Waals surface area contributed by atoms with Gasteiger partial charge in [0.15, 0.2) is 0 Å². The highest BCUT2D eigenvalue weighted by atomic mass is 32.1. The van der Waals surface area contributed by atoms with Crippen molar-refractivity contribution in [1.82, 2.24) is 19.5 Å². The first kappa shape index (κ1) is 17.6. The molecule has 25 heavy (non-hydrogen) atoms. The Morgan fingerprint density at radius 1 is 1.32 bits per heavy atom. The van der Waals surface area contributed by atoms with Crippen molar-refractivity contribution in [3.8, 4) is 0 Å². The van der Waals surface area contributed by atoms with Crippen molar-refractivity contribution in [2.45, 2.75) is 33.2 Å². The summed E-state index contributed by atoms with van der Waals surface area (Å²) in [5.41, 5.74) is 1.28. The second-order valence-corrected chi connectivity index (χ2v) is 6.88. The van der Waals surface area contributed by atoms with Crippen molar-refractivity contribution >= 4 is 33.0 Å². The molecule has 0 saturated carbocycles. The average Bonchev–Trinajstić information content (AvgIpc) is 3.15. The Kier molecular flexibility index (Phi) is 5.50. The van der Waals surface area contributed by atoms with Crippen LogP contribution in [0.3, 0.4) is 0 Å². The summed E-state index contributed by atoms with van der Waals surface area (Å²) in [4.78, 5) is 25.8. The molecule has 0 unspecified atom stereocenters. The Balaban J connectivity index is 1.73. The zero-order valence-corrected chi connectivity index (χ0v) is 15.3. The number of fused-ring (bicyclic) bond motifs is 3. The molecule has 0 saturated heterocycles. The van der Waals surface area contributed by atoms with E-state index in [1.807, 2.05) is 13.0 Å². The lowest BCUT2D eigenvalue weighted by Crippen LogP contribution is -2.34. The summed E-state index contributed by atoms with van der Waals surface area (Å²) in [6, 6.07) is 3.96. The van der Waals surface area contributed by atoms with Gasteiger partial charge in [0.05, 0.1) is 10.2 Å². The lowest BCUT2D eigenvalue weighted by atomic mass is 10.3. The Morgan fingerprint density at radius 3 is 2.92 bits per heavy atom. The Bertz CT molecular complexity index is 941.